The minimum atomic E-state index is -0.648. The van der Waals surface area contributed by atoms with Crippen LogP contribution < -0.4 is 9.47 Å². The Bertz CT molecular complexity index is 629. The van der Waals surface area contributed by atoms with Crippen LogP contribution in [0, 0.1) is 5.82 Å². The summed E-state index contributed by atoms with van der Waals surface area (Å²) in [5, 5.41) is 9.76. The Hall–Kier alpha value is -1.59. The molecule has 1 N–H and O–H groups in total. The lowest BCUT2D eigenvalue weighted by molar-refractivity contribution is 0.190. The van der Waals surface area contributed by atoms with E-state index in [1.807, 2.05) is 6.07 Å². The Morgan fingerprint density at radius 1 is 1.19 bits per heavy atom. The average Bonchev–Trinajstić information content (AvgIpc) is 2.46. The van der Waals surface area contributed by atoms with Crippen LogP contribution in [0.1, 0.15) is 24.2 Å². The van der Waals surface area contributed by atoms with Crippen LogP contribution in [0.5, 0.6) is 11.5 Å². The van der Waals surface area contributed by atoms with Crippen molar-refractivity contribution in [3.63, 3.8) is 0 Å². The van der Waals surface area contributed by atoms with Crippen LogP contribution in [0.4, 0.5) is 4.39 Å². The van der Waals surface area contributed by atoms with Crippen LogP contribution in [-0.4, -0.2) is 12.2 Å². The molecule has 5 heteroatoms. The van der Waals surface area contributed by atoms with Gasteiger partial charge in [0.25, 0.3) is 0 Å². The largest absolute Gasteiger partial charge is 0.494 e. The lowest BCUT2D eigenvalue weighted by Crippen LogP contribution is -2.01. The second kappa shape index (κ2) is 6.91. The smallest absolute Gasteiger partial charge is 0.165 e. The SMILES string of the molecule is COc1ccc(COc2ccc(Br)cc2[C@H](C)O)cc1F. The van der Waals surface area contributed by atoms with E-state index in [4.69, 9.17) is 9.47 Å². The Morgan fingerprint density at radius 2 is 1.90 bits per heavy atom. The van der Waals surface area contributed by atoms with Crippen molar-refractivity contribution >= 4 is 15.9 Å². The molecule has 0 saturated heterocycles. The number of aliphatic hydroxyl groups is 1. The number of methoxy groups -OCH3 is 1. The quantitative estimate of drug-likeness (QED) is 0.873. The molecule has 0 radical (unpaired) electrons. The average molecular weight is 355 g/mol. The molecule has 2 aromatic carbocycles. The third-order valence-electron chi connectivity index (χ3n) is 3.03. The van der Waals surface area contributed by atoms with Crippen LogP contribution in [0.25, 0.3) is 0 Å². The maximum absolute atomic E-state index is 13.6. The summed E-state index contributed by atoms with van der Waals surface area (Å²) in [4.78, 5) is 0. The predicted molar refractivity (Wildman–Crippen MR) is 82.1 cm³/mol. The fourth-order valence-corrected chi connectivity index (χ4v) is 2.32. The predicted octanol–water partition coefficient (Wildman–Crippen LogP) is 4.23. The zero-order valence-corrected chi connectivity index (χ0v) is 13.4. The first-order chi connectivity index (χ1) is 10.0. The van der Waals surface area contributed by atoms with Gasteiger partial charge in [0.15, 0.2) is 11.6 Å². The summed E-state index contributed by atoms with van der Waals surface area (Å²) < 4.78 is 25.0. The van der Waals surface area contributed by atoms with Gasteiger partial charge in [0.05, 0.1) is 13.2 Å². The maximum atomic E-state index is 13.6. The van der Waals surface area contributed by atoms with E-state index in [0.717, 1.165) is 4.47 Å². The first-order valence-corrected chi connectivity index (χ1v) is 7.23. The van der Waals surface area contributed by atoms with Crippen molar-refractivity contribution in [1.82, 2.24) is 0 Å². The van der Waals surface area contributed by atoms with Gasteiger partial charge in [-0.2, -0.15) is 0 Å². The molecule has 112 valence electrons. The molecular formula is C16H16BrFO3. The Morgan fingerprint density at radius 3 is 2.52 bits per heavy atom. The van der Waals surface area contributed by atoms with E-state index in [2.05, 4.69) is 15.9 Å². The summed E-state index contributed by atoms with van der Waals surface area (Å²) in [6.07, 6.45) is -0.648. The number of aliphatic hydroxyl groups excluding tert-OH is 1. The van der Waals surface area contributed by atoms with E-state index in [1.54, 1.807) is 31.2 Å². The Labute approximate surface area is 131 Å². The van der Waals surface area contributed by atoms with E-state index < -0.39 is 11.9 Å². The Balaban J connectivity index is 2.15. The van der Waals surface area contributed by atoms with Crippen LogP contribution >= 0.6 is 15.9 Å². The van der Waals surface area contributed by atoms with Crippen LogP contribution in [0.2, 0.25) is 0 Å². The van der Waals surface area contributed by atoms with Crippen molar-refractivity contribution in [2.24, 2.45) is 0 Å². The van der Waals surface area contributed by atoms with Gasteiger partial charge in [0.2, 0.25) is 0 Å². The second-order valence-corrected chi connectivity index (χ2v) is 5.53. The number of hydrogen-bond acceptors (Lipinski definition) is 3. The second-order valence-electron chi connectivity index (χ2n) is 4.62. The summed E-state index contributed by atoms with van der Waals surface area (Å²) in [6.45, 7) is 1.88. The van der Waals surface area contributed by atoms with Gasteiger partial charge < -0.3 is 14.6 Å². The fraction of sp³-hybridized carbons (Fsp3) is 0.250. The van der Waals surface area contributed by atoms with Gasteiger partial charge in [0.1, 0.15) is 12.4 Å². The molecule has 0 heterocycles. The molecule has 21 heavy (non-hydrogen) atoms. The monoisotopic (exact) mass is 354 g/mol. The van der Waals surface area contributed by atoms with Gasteiger partial charge in [-0.25, -0.2) is 4.39 Å². The molecule has 0 aliphatic rings. The lowest BCUT2D eigenvalue weighted by atomic mass is 10.1. The number of hydrogen-bond donors (Lipinski definition) is 1. The molecule has 0 aromatic heterocycles. The zero-order chi connectivity index (χ0) is 15.4. The Kier molecular flexibility index (Phi) is 5.20. The van der Waals surface area contributed by atoms with Gasteiger partial charge in [-0.1, -0.05) is 22.0 Å². The third-order valence-corrected chi connectivity index (χ3v) is 3.53. The fourth-order valence-electron chi connectivity index (χ4n) is 1.94. The molecule has 3 nitrogen and oxygen atoms in total. The van der Waals surface area contributed by atoms with E-state index in [-0.39, 0.29) is 12.4 Å². The molecule has 0 saturated carbocycles. The molecule has 1 atom stereocenters. The van der Waals surface area contributed by atoms with Gasteiger partial charge in [-0.3, -0.25) is 0 Å². The summed E-state index contributed by atoms with van der Waals surface area (Å²) in [6, 6.07) is 10.1. The van der Waals surface area contributed by atoms with E-state index in [0.29, 0.717) is 16.9 Å². The van der Waals surface area contributed by atoms with E-state index in [1.165, 1.54) is 13.2 Å². The molecule has 0 amide bonds. The zero-order valence-electron chi connectivity index (χ0n) is 11.8. The highest BCUT2D eigenvalue weighted by atomic mass is 79.9. The van der Waals surface area contributed by atoms with Crippen molar-refractivity contribution in [1.29, 1.82) is 0 Å². The standard InChI is InChI=1S/C16H16BrFO3/c1-10(19)13-8-12(17)4-6-15(13)21-9-11-3-5-16(20-2)14(18)7-11/h3-8,10,19H,9H2,1-2H3/t10-/m0/s1. The van der Waals surface area contributed by atoms with E-state index in [9.17, 15) is 9.50 Å². The van der Waals surface area contributed by atoms with Gasteiger partial charge >= 0.3 is 0 Å². The highest BCUT2D eigenvalue weighted by Gasteiger charge is 2.11. The topological polar surface area (TPSA) is 38.7 Å². The molecule has 0 fully saturated rings. The number of ether oxygens (including phenoxy) is 2. The summed E-state index contributed by atoms with van der Waals surface area (Å²) in [5.41, 5.74) is 1.37. The van der Waals surface area contributed by atoms with Crippen molar-refractivity contribution in [2.45, 2.75) is 19.6 Å². The van der Waals surface area contributed by atoms with Crippen molar-refractivity contribution in [3.05, 3.63) is 57.8 Å². The number of halogens is 2. The summed E-state index contributed by atoms with van der Waals surface area (Å²) >= 11 is 3.36. The molecule has 0 aliphatic heterocycles. The molecule has 0 unspecified atom stereocenters. The van der Waals surface area contributed by atoms with Crippen LogP contribution in [-0.2, 0) is 6.61 Å². The summed E-state index contributed by atoms with van der Waals surface area (Å²) in [5.74, 6) is 0.349. The normalized spacial score (nSPS) is 12.0. The van der Waals surface area contributed by atoms with Gasteiger partial charge in [0, 0.05) is 10.0 Å². The van der Waals surface area contributed by atoms with Gasteiger partial charge in [-0.05, 0) is 42.8 Å². The summed E-state index contributed by atoms with van der Waals surface area (Å²) in [7, 11) is 1.42. The first kappa shape index (κ1) is 15.8. The molecule has 0 spiro atoms. The third kappa shape index (κ3) is 3.95. The molecule has 0 aliphatic carbocycles. The van der Waals surface area contributed by atoms with Crippen molar-refractivity contribution < 1.29 is 19.0 Å². The molecule has 2 aromatic rings. The highest BCUT2D eigenvalue weighted by molar-refractivity contribution is 9.10. The lowest BCUT2D eigenvalue weighted by Gasteiger charge is -2.14. The van der Waals surface area contributed by atoms with Crippen molar-refractivity contribution in [2.75, 3.05) is 7.11 Å². The highest BCUT2D eigenvalue weighted by Crippen LogP contribution is 2.29. The van der Waals surface area contributed by atoms with Crippen LogP contribution in [0.3, 0.4) is 0 Å². The van der Waals surface area contributed by atoms with Crippen molar-refractivity contribution in [3.8, 4) is 11.5 Å². The maximum Gasteiger partial charge on any atom is 0.165 e. The van der Waals surface area contributed by atoms with Gasteiger partial charge in [-0.15, -0.1) is 0 Å². The minimum Gasteiger partial charge on any atom is -0.494 e. The van der Waals surface area contributed by atoms with E-state index >= 15 is 0 Å². The molecular weight excluding hydrogens is 339 g/mol. The molecule has 0 bridgehead atoms. The number of benzene rings is 2. The first-order valence-electron chi connectivity index (χ1n) is 6.44. The molecule has 2 rings (SSSR count). The van der Waals surface area contributed by atoms with Crippen LogP contribution in [0.15, 0.2) is 40.9 Å². The number of rotatable bonds is 5. The minimum absolute atomic E-state index is 0.201.